The summed E-state index contributed by atoms with van der Waals surface area (Å²) >= 11 is 0. The fourth-order valence-electron chi connectivity index (χ4n) is 6.94. The van der Waals surface area contributed by atoms with E-state index in [1.165, 1.54) is 6.07 Å². The minimum absolute atomic E-state index is 0.123. The first-order valence-corrected chi connectivity index (χ1v) is 15.3. The Labute approximate surface area is 274 Å². The molecule has 2 heterocycles. The molecule has 8 aromatic rings. The molecule has 0 aliphatic heterocycles. The van der Waals surface area contributed by atoms with Crippen LogP contribution in [0.4, 0.5) is 24.5 Å². The van der Waals surface area contributed by atoms with Gasteiger partial charge in [0.1, 0.15) is 0 Å². The highest BCUT2D eigenvalue weighted by molar-refractivity contribution is 6.12. The zero-order valence-electron chi connectivity index (χ0n) is 25.9. The molecule has 230 valence electrons. The van der Waals surface area contributed by atoms with E-state index in [4.69, 9.17) is 13.1 Å². The quantitative estimate of drug-likeness (QED) is 0.173. The highest BCUT2D eigenvalue weighted by Gasteiger charge is 2.31. The molecule has 0 N–H and O–H groups in total. The SMILES string of the molecule is [C-]#[N+]c1cc(C(F)(F)F)ccc1-c1cc(-n2c3ccccc3c3ccc(C)cc32)c([N+]#[C-])cc1-n1c2ccccc2c2ccc(C)cc21. The van der Waals surface area contributed by atoms with Crippen LogP contribution in [0.5, 0.6) is 0 Å². The minimum atomic E-state index is -4.61. The number of alkyl halides is 3. The molecule has 0 unspecified atom stereocenters. The second-order valence-electron chi connectivity index (χ2n) is 12.1. The van der Waals surface area contributed by atoms with Crippen molar-refractivity contribution >= 4 is 55.0 Å². The standard InChI is InChI=1S/C41H25F3N4/c1-24-13-16-30-28-9-5-7-11-35(28)47(37(30)19-24)39-23-34(46-4)40(22-32(39)27-18-15-26(41(42,43)44)21-33(27)45-3)48-36-12-8-6-10-29(36)31-17-14-25(2)20-38(31)48/h5-23H,1-2H3. The third-order valence-corrected chi connectivity index (χ3v) is 9.09. The van der Waals surface area contributed by atoms with E-state index in [0.29, 0.717) is 28.2 Å². The first kappa shape index (κ1) is 29.1. The van der Waals surface area contributed by atoms with Gasteiger partial charge in [0.05, 0.1) is 40.9 Å². The zero-order valence-corrected chi connectivity index (χ0v) is 25.9. The molecule has 48 heavy (non-hydrogen) atoms. The molecule has 0 saturated carbocycles. The number of hydrogen-bond acceptors (Lipinski definition) is 0. The van der Waals surface area contributed by atoms with Crippen LogP contribution < -0.4 is 0 Å². The molecule has 0 bridgehead atoms. The molecular weight excluding hydrogens is 605 g/mol. The summed E-state index contributed by atoms with van der Waals surface area (Å²) < 4.78 is 45.7. The molecular formula is C41H25F3N4. The molecule has 0 amide bonds. The van der Waals surface area contributed by atoms with Crippen LogP contribution in [-0.4, -0.2) is 9.13 Å². The largest absolute Gasteiger partial charge is 0.415 e. The van der Waals surface area contributed by atoms with Gasteiger partial charge in [0.15, 0.2) is 5.69 Å². The van der Waals surface area contributed by atoms with Gasteiger partial charge in [0.25, 0.3) is 0 Å². The molecule has 0 radical (unpaired) electrons. The van der Waals surface area contributed by atoms with E-state index in [1.807, 2.05) is 80.6 Å². The van der Waals surface area contributed by atoms with Crippen LogP contribution in [0.3, 0.4) is 0 Å². The number of aryl methyl sites for hydroxylation is 2. The number of para-hydroxylation sites is 2. The molecule has 4 nitrogen and oxygen atoms in total. The Morgan fingerprint density at radius 3 is 1.56 bits per heavy atom. The van der Waals surface area contributed by atoms with Crippen molar-refractivity contribution in [2.75, 3.05) is 0 Å². The monoisotopic (exact) mass is 630 g/mol. The topological polar surface area (TPSA) is 18.6 Å². The van der Waals surface area contributed by atoms with Gasteiger partial charge < -0.3 is 9.13 Å². The van der Waals surface area contributed by atoms with E-state index in [0.717, 1.165) is 66.9 Å². The fourth-order valence-corrected chi connectivity index (χ4v) is 6.94. The number of rotatable bonds is 3. The lowest BCUT2D eigenvalue weighted by molar-refractivity contribution is -0.137. The van der Waals surface area contributed by atoms with E-state index >= 15 is 0 Å². The van der Waals surface area contributed by atoms with Gasteiger partial charge in [-0.15, -0.1) is 0 Å². The average Bonchev–Trinajstić information content (AvgIpc) is 3.58. The summed E-state index contributed by atoms with van der Waals surface area (Å²) in [6.07, 6.45) is -4.61. The van der Waals surface area contributed by atoms with Crippen molar-refractivity contribution in [1.82, 2.24) is 9.13 Å². The van der Waals surface area contributed by atoms with Gasteiger partial charge in [0, 0.05) is 32.8 Å². The number of benzene rings is 6. The summed E-state index contributed by atoms with van der Waals surface area (Å²) in [5.41, 5.74) is 7.09. The molecule has 0 aliphatic carbocycles. The molecule has 0 spiro atoms. The summed E-state index contributed by atoms with van der Waals surface area (Å²) in [5, 5.41) is 4.05. The van der Waals surface area contributed by atoms with E-state index in [9.17, 15) is 13.2 Å². The first-order valence-electron chi connectivity index (χ1n) is 15.3. The van der Waals surface area contributed by atoms with Crippen molar-refractivity contribution in [1.29, 1.82) is 0 Å². The van der Waals surface area contributed by atoms with Gasteiger partial charge in [-0.3, -0.25) is 0 Å². The van der Waals surface area contributed by atoms with Crippen molar-refractivity contribution in [3.05, 3.63) is 155 Å². The number of halogens is 3. The van der Waals surface area contributed by atoms with Gasteiger partial charge in [-0.05, 0) is 78.6 Å². The third-order valence-electron chi connectivity index (χ3n) is 9.09. The van der Waals surface area contributed by atoms with Gasteiger partial charge in [0.2, 0.25) is 5.69 Å². The van der Waals surface area contributed by atoms with Crippen LogP contribution in [0.15, 0.2) is 115 Å². The number of aromatic nitrogens is 2. The fraction of sp³-hybridized carbons (Fsp3) is 0.0732. The molecule has 7 heteroatoms. The van der Waals surface area contributed by atoms with Crippen molar-refractivity contribution in [2.45, 2.75) is 20.0 Å². The maximum Gasteiger partial charge on any atom is 0.415 e. The van der Waals surface area contributed by atoms with E-state index in [2.05, 4.69) is 49.2 Å². The van der Waals surface area contributed by atoms with Gasteiger partial charge in [-0.2, -0.15) is 13.2 Å². The smallest absolute Gasteiger partial charge is 0.319 e. The van der Waals surface area contributed by atoms with Crippen molar-refractivity contribution in [2.24, 2.45) is 0 Å². The molecule has 8 rings (SSSR count). The molecule has 0 atom stereocenters. The maximum atomic E-state index is 13.9. The van der Waals surface area contributed by atoms with Gasteiger partial charge in [-0.25, -0.2) is 9.69 Å². The number of fused-ring (bicyclic) bond motifs is 6. The average molecular weight is 631 g/mol. The first-order chi connectivity index (χ1) is 23.2. The van der Waals surface area contributed by atoms with Crippen LogP contribution in [-0.2, 0) is 6.18 Å². The summed E-state index contributed by atoms with van der Waals surface area (Å²) in [6.45, 7) is 20.4. The number of hydrogen-bond donors (Lipinski definition) is 0. The van der Waals surface area contributed by atoms with E-state index in [-0.39, 0.29) is 5.69 Å². The molecule has 0 fully saturated rings. The normalized spacial score (nSPS) is 11.8. The van der Waals surface area contributed by atoms with Gasteiger partial charge >= 0.3 is 6.18 Å². The summed E-state index contributed by atoms with van der Waals surface area (Å²) in [5.74, 6) is 0. The van der Waals surface area contributed by atoms with Crippen LogP contribution in [0, 0.1) is 27.0 Å². The van der Waals surface area contributed by atoms with E-state index < -0.39 is 11.7 Å². The Hall–Kier alpha value is -6.31. The van der Waals surface area contributed by atoms with Crippen LogP contribution in [0.2, 0.25) is 0 Å². The Bertz CT molecular complexity index is 2710. The molecule has 0 saturated heterocycles. The highest BCUT2D eigenvalue weighted by atomic mass is 19.4. The second kappa shape index (κ2) is 10.6. The number of nitrogens with zero attached hydrogens (tertiary/aromatic N) is 4. The predicted molar refractivity (Wildman–Crippen MR) is 188 cm³/mol. The molecule has 2 aromatic heterocycles. The van der Waals surface area contributed by atoms with Crippen molar-refractivity contribution in [3.8, 4) is 22.5 Å². The Morgan fingerprint density at radius 1 is 0.500 bits per heavy atom. The highest BCUT2D eigenvalue weighted by Crippen LogP contribution is 2.46. The predicted octanol–water partition coefficient (Wildman–Crippen LogP) is 12.3. The third kappa shape index (κ3) is 4.36. The molecule has 0 aliphatic rings. The van der Waals surface area contributed by atoms with Crippen LogP contribution in [0.1, 0.15) is 16.7 Å². The lowest BCUT2D eigenvalue weighted by Gasteiger charge is -2.20. The summed E-state index contributed by atoms with van der Waals surface area (Å²) in [7, 11) is 0. The lowest BCUT2D eigenvalue weighted by atomic mass is 9.97. The Morgan fingerprint density at radius 2 is 1.02 bits per heavy atom. The molecule has 6 aromatic carbocycles. The summed E-state index contributed by atoms with van der Waals surface area (Å²) in [6, 6.07) is 35.3. The minimum Gasteiger partial charge on any atom is -0.319 e. The van der Waals surface area contributed by atoms with Crippen molar-refractivity contribution < 1.29 is 13.2 Å². The van der Waals surface area contributed by atoms with Crippen LogP contribution in [0.25, 0.3) is 75.8 Å². The maximum absolute atomic E-state index is 13.9. The Kier molecular flexibility index (Phi) is 6.44. The Balaban J connectivity index is 1.55. The summed E-state index contributed by atoms with van der Waals surface area (Å²) in [4.78, 5) is 7.64. The lowest BCUT2D eigenvalue weighted by Crippen LogP contribution is -2.05. The zero-order chi connectivity index (χ0) is 33.3. The second-order valence-corrected chi connectivity index (χ2v) is 12.1. The van der Waals surface area contributed by atoms with E-state index in [1.54, 1.807) is 0 Å². The van der Waals surface area contributed by atoms with Crippen LogP contribution >= 0.6 is 0 Å². The van der Waals surface area contributed by atoms with Gasteiger partial charge in [-0.1, -0.05) is 72.8 Å². The van der Waals surface area contributed by atoms with Crippen molar-refractivity contribution in [3.63, 3.8) is 0 Å².